The highest BCUT2D eigenvalue weighted by Crippen LogP contribution is 2.29. The maximum absolute atomic E-state index is 5.34. The van der Waals surface area contributed by atoms with E-state index in [0.29, 0.717) is 5.95 Å². The van der Waals surface area contributed by atoms with Gasteiger partial charge in [0.05, 0.1) is 11.6 Å². The number of anilines is 2. The van der Waals surface area contributed by atoms with Crippen LogP contribution < -0.4 is 10.6 Å². The van der Waals surface area contributed by atoms with Gasteiger partial charge in [0.1, 0.15) is 16.4 Å². The quantitative estimate of drug-likeness (QED) is 0.727. The second-order valence-electron chi connectivity index (χ2n) is 4.76. The molecule has 0 aromatic carbocycles. The molecular weight excluding hydrogens is 284 g/mol. The highest BCUT2D eigenvalue weighted by atomic mass is 32.1. The SMILES string of the molecule is CCNc1nc(NCCc2ccco2)c2cc(C)sc2n1. The Morgan fingerprint density at radius 2 is 2.19 bits per heavy atom. The molecule has 110 valence electrons. The standard InChI is InChI=1S/C15H18N4OS/c1-3-16-15-18-13(12-9-10(2)21-14(12)19-15)17-7-6-11-5-4-8-20-11/h4-5,8-9H,3,6-7H2,1-2H3,(H2,16,17,18,19). The van der Waals surface area contributed by atoms with Crippen LogP contribution in [0.1, 0.15) is 17.6 Å². The van der Waals surface area contributed by atoms with Crippen molar-refractivity contribution in [3.63, 3.8) is 0 Å². The molecule has 0 aliphatic carbocycles. The molecule has 0 saturated heterocycles. The number of furan rings is 1. The van der Waals surface area contributed by atoms with Crippen LogP contribution in [0.25, 0.3) is 10.2 Å². The topological polar surface area (TPSA) is 63.0 Å². The molecule has 0 bridgehead atoms. The molecule has 0 unspecified atom stereocenters. The highest BCUT2D eigenvalue weighted by Gasteiger charge is 2.10. The van der Waals surface area contributed by atoms with Gasteiger partial charge in [-0.1, -0.05) is 0 Å². The molecular formula is C15H18N4OS. The van der Waals surface area contributed by atoms with E-state index in [-0.39, 0.29) is 0 Å². The first-order valence-electron chi connectivity index (χ1n) is 7.04. The number of nitrogens with zero attached hydrogens (tertiary/aromatic N) is 2. The van der Waals surface area contributed by atoms with Crippen molar-refractivity contribution >= 4 is 33.3 Å². The van der Waals surface area contributed by atoms with Crippen LogP contribution in [0.15, 0.2) is 28.9 Å². The normalized spacial score (nSPS) is 11.0. The fourth-order valence-corrected chi connectivity index (χ4v) is 3.05. The molecule has 0 atom stereocenters. The van der Waals surface area contributed by atoms with Gasteiger partial charge in [-0.2, -0.15) is 4.98 Å². The number of thiophene rings is 1. The van der Waals surface area contributed by atoms with Crippen molar-refractivity contribution in [3.8, 4) is 0 Å². The second-order valence-corrected chi connectivity index (χ2v) is 5.99. The van der Waals surface area contributed by atoms with Crippen molar-refractivity contribution in [2.24, 2.45) is 0 Å². The van der Waals surface area contributed by atoms with Gasteiger partial charge in [-0.25, -0.2) is 4.98 Å². The Kier molecular flexibility index (Phi) is 4.06. The van der Waals surface area contributed by atoms with Crippen LogP contribution in [0.2, 0.25) is 0 Å². The lowest BCUT2D eigenvalue weighted by atomic mass is 10.3. The van der Waals surface area contributed by atoms with Crippen LogP contribution in [-0.2, 0) is 6.42 Å². The van der Waals surface area contributed by atoms with Crippen molar-refractivity contribution in [1.29, 1.82) is 0 Å². The van der Waals surface area contributed by atoms with Gasteiger partial charge < -0.3 is 15.1 Å². The summed E-state index contributed by atoms with van der Waals surface area (Å²) < 4.78 is 5.34. The van der Waals surface area contributed by atoms with Gasteiger partial charge in [0, 0.05) is 24.4 Å². The molecule has 0 radical (unpaired) electrons. The number of nitrogens with one attached hydrogen (secondary N) is 2. The van der Waals surface area contributed by atoms with Crippen LogP contribution in [0.4, 0.5) is 11.8 Å². The second kappa shape index (κ2) is 6.13. The Morgan fingerprint density at radius 3 is 2.95 bits per heavy atom. The Hall–Kier alpha value is -2.08. The van der Waals surface area contributed by atoms with Crippen LogP contribution in [0.5, 0.6) is 0 Å². The molecule has 3 heterocycles. The molecule has 5 nitrogen and oxygen atoms in total. The fraction of sp³-hybridized carbons (Fsp3) is 0.333. The molecule has 3 aromatic rings. The third kappa shape index (κ3) is 3.16. The van der Waals surface area contributed by atoms with Gasteiger partial charge in [0.15, 0.2) is 0 Å². The Bertz CT molecular complexity index is 721. The van der Waals surface area contributed by atoms with Crippen LogP contribution in [0, 0.1) is 6.92 Å². The number of hydrogen-bond donors (Lipinski definition) is 2. The van der Waals surface area contributed by atoms with E-state index >= 15 is 0 Å². The van der Waals surface area contributed by atoms with Crippen molar-refractivity contribution in [2.75, 3.05) is 23.7 Å². The number of rotatable bonds is 6. The van der Waals surface area contributed by atoms with Gasteiger partial charge >= 0.3 is 0 Å². The largest absolute Gasteiger partial charge is 0.469 e. The average molecular weight is 302 g/mol. The summed E-state index contributed by atoms with van der Waals surface area (Å²) in [6.45, 7) is 5.71. The zero-order chi connectivity index (χ0) is 14.7. The minimum Gasteiger partial charge on any atom is -0.469 e. The van der Waals surface area contributed by atoms with Gasteiger partial charge in [-0.15, -0.1) is 11.3 Å². The lowest BCUT2D eigenvalue weighted by Gasteiger charge is -2.08. The minimum atomic E-state index is 0.673. The third-order valence-electron chi connectivity index (χ3n) is 3.09. The molecule has 0 amide bonds. The molecule has 21 heavy (non-hydrogen) atoms. The van der Waals surface area contributed by atoms with E-state index in [1.165, 1.54) is 4.88 Å². The van der Waals surface area contributed by atoms with Gasteiger partial charge in [-0.05, 0) is 32.0 Å². The molecule has 0 saturated carbocycles. The Labute approximate surface area is 127 Å². The Morgan fingerprint density at radius 1 is 1.29 bits per heavy atom. The van der Waals surface area contributed by atoms with E-state index in [1.807, 2.05) is 19.1 Å². The van der Waals surface area contributed by atoms with E-state index < -0.39 is 0 Å². The van der Waals surface area contributed by atoms with Crippen molar-refractivity contribution < 1.29 is 4.42 Å². The van der Waals surface area contributed by atoms with Crippen LogP contribution in [-0.4, -0.2) is 23.1 Å². The molecule has 0 fully saturated rings. The summed E-state index contributed by atoms with van der Waals surface area (Å²) in [6, 6.07) is 6.02. The van der Waals surface area contributed by atoms with E-state index in [4.69, 9.17) is 4.42 Å². The third-order valence-corrected chi connectivity index (χ3v) is 4.04. The predicted molar refractivity (Wildman–Crippen MR) is 87.2 cm³/mol. The Balaban J connectivity index is 1.81. The minimum absolute atomic E-state index is 0.673. The number of aromatic nitrogens is 2. The van der Waals surface area contributed by atoms with Gasteiger partial charge in [0.2, 0.25) is 5.95 Å². The fourth-order valence-electron chi connectivity index (χ4n) is 2.17. The zero-order valence-corrected chi connectivity index (χ0v) is 13.0. The highest BCUT2D eigenvalue weighted by molar-refractivity contribution is 7.18. The summed E-state index contributed by atoms with van der Waals surface area (Å²) in [4.78, 5) is 11.4. The smallest absolute Gasteiger partial charge is 0.226 e. The van der Waals surface area contributed by atoms with Gasteiger partial charge in [-0.3, -0.25) is 0 Å². The molecule has 2 N–H and O–H groups in total. The van der Waals surface area contributed by atoms with E-state index in [0.717, 1.165) is 41.3 Å². The van der Waals surface area contributed by atoms with Crippen LogP contribution in [0.3, 0.4) is 0 Å². The predicted octanol–water partition coefficient (Wildman–Crippen LogP) is 3.68. The number of hydrogen-bond acceptors (Lipinski definition) is 6. The van der Waals surface area contributed by atoms with E-state index in [2.05, 4.69) is 33.6 Å². The summed E-state index contributed by atoms with van der Waals surface area (Å²) in [7, 11) is 0. The van der Waals surface area contributed by atoms with E-state index in [1.54, 1.807) is 17.6 Å². The van der Waals surface area contributed by atoms with Crippen molar-refractivity contribution in [1.82, 2.24) is 9.97 Å². The summed E-state index contributed by atoms with van der Waals surface area (Å²) in [6.07, 6.45) is 2.53. The lowest BCUT2D eigenvalue weighted by Crippen LogP contribution is -2.09. The summed E-state index contributed by atoms with van der Waals surface area (Å²) in [5.74, 6) is 2.53. The first-order valence-corrected chi connectivity index (χ1v) is 7.86. The molecule has 0 aliphatic heterocycles. The molecule has 3 aromatic heterocycles. The first-order chi connectivity index (χ1) is 10.3. The van der Waals surface area contributed by atoms with E-state index in [9.17, 15) is 0 Å². The van der Waals surface area contributed by atoms with Crippen molar-refractivity contribution in [2.45, 2.75) is 20.3 Å². The number of fused-ring (bicyclic) bond motifs is 1. The number of aryl methyl sites for hydroxylation is 1. The maximum atomic E-state index is 5.34. The molecule has 3 rings (SSSR count). The maximum Gasteiger partial charge on any atom is 0.226 e. The monoisotopic (exact) mass is 302 g/mol. The zero-order valence-electron chi connectivity index (χ0n) is 12.1. The van der Waals surface area contributed by atoms with Crippen LogP contribution >= 0.6 is 11.3 Å². The molecule has 6 heteroatoms. The summed E-state index contributed by atoms with van der Waals surface area (Å²) in [5, 5.41) is 7.65. The first kappa shape index (κ1) is 13.9. The van der Waals surface area contributed by atoms with Crippen molar-refractivity contribution in [3.05, 3.63) is 35.1 Å². The summed E-state index contributed by atoms with van der Waals surface area (Å²) >= 11 is 1.69. The molecule has 0 aliphatic rings. The summed E-state index contributed by atoms with van der Waals surface area (Å²) in [5.41, 5.74) is 0. The lowest BCUT2D eigenvalue weighted by molar-refractivity contribution is 0.513. The molecule has 0 spiro atoms. The van der Waals surface area contributed by atoms with Gasteiger partial charge in [0.25, 0.3) is 0 Å². The average Bonchev–Trinajstić information content (AvgIpc) is 3.07.